The van der Waals surface area contributed by atoms with Gasteiger partial charge in [0, 0.05) is 27.9 Å². The van der Waals surface area contributed by atoms with Crippen LogP contribution in [0.2, 0.25) is 0 Å². The fourth-order valence-electron chi connectivity index (χ4n) is 1.68. The molecular formula is C13H12Br2N2O2. The minimum Gasteiger partial charge on any atom is -0.465 e. The second-order valence-corrected chi connectivity index (χ2v) is 5.64. The molecule has 1 aromatic carbocycles. The first kappa shape index (κ1) is 14.1. The Morgan fingerprint density at radius 3 is 2.84 bits per heavy atom. The Kier molecular flexibility index (Phi) is 4.66. The second-order valence-electron chi connectivity index (χ2n) is 3.87. The maximum atomic E-state index is 11.8. The van der Waals surface area contributed by atoms with E-state index in [-0.39, 0.29) is 5.97 Å². The molecule has 0 spiro atoms. The monoisotopic (exact) mass is 386 g/mol. The van der Waals surface area contributed by atoms with Crippen LogP contribution < -0.4 is 5.32 Å². The molecule has 1 aromatic heterocycles. The molecule has 0 saturated heterocycles. The van der Waals surface area contributed by atoms with Crippen molar-refractivity contribution in [1.29, 1.82) is 0 Å². The molecule has 0 saturated carbocycles. The second kappa shape index (κ2) is 6.25. The molecular weight excluding hydrogens is 376 g/mol. The van der Waals surface area contributed by atoms with Gasteiger partial charge >= 0.3 is 5.97 Å². The molecule has 19 heavy (non-hydrogen) atoms. The number of ether oxygens (including phenoxy) is 1. The molecule has 0 amide bonds. The summed E-state index contributed by atoms with van der Waals surface area (Å²) in [7, 11) is 1.37. The topological polar surface area (TPSA) is 54.1 Å². The smallest absolute Gasteiger partial charge is 0.340 e. The molecule has 0 radical (unpaired) electrons. The van der Waals surface area contributed by atoms with Crippen LogP contribution in [0.5, 0.6) is 0 Å². The first-order valence-electron chi connectivity index (χ1n) is 5.54. The summed E-state index contributed by atoms with van der Waals surface area (Å²) < 4.78 is 6.41. The molecule has 0 bridgehead atoms. The van der Waals surface area contributed by atoms with Crippen LogP contribution in [0.15, 0.2) is 39.5 Å². The molecule has 0 unspecified atom stereocenters. The number of aromatic nitrogens is 1. The van der Waals surface area contributed by atoms with Crippen molar-refractivity contribution in [2.75, 3.05) is 12.4 Å². The molecule has 0 atom stereocenters. The van der Waals surface area contributed by atoms with E-state index in [1.807, 2.05) is 24.5 Å². The van der Waals surface area contributed by atoms with Gasteiger partial charge in [0.05, 0.1) is 18.4 Å². The summed E-state index contributed by atoms with van der Waals surface area (Å²) in [4.78, 5) is 14.8. The highest BCUT2D eigenvalue weighted by Crippen LogP contribution is 2.31. The van der Waals surface area contributed by atoms with E-state index in [1.54, 1.807) is 6.07 Å². The number of anilines is 1. The fourth-order valence-corrected chi connectivity index (χ4v) is 3.05. The number of methoxy groups -OCH3 is 1. The quantitative estimate of drug-likeness (QED) is 0.781. The van der Waals surface area contributed by atoms with E-state index in [0.29, 0.717) is 12.1 Å². The average molecular weight is 388 g/mol. The fraction of sp³-hybridized carbons (Fsp3) is 0.154. The molecule has 0 fully saturated rings. The van der Waals surface area contributed by atoms with E-state index in [0.717, 1.165) is 20.2 Å². The summed E-state index contributed by atoms with van der Waals surface area (Å²) in [6.07, 6.45) is 3.76. The van der Waals surface area contributed by atoms with Crippen molar-refractivity contribution in [3.05, 3.63) is 50.7 Å². The third kappa shape index (κ3) is 3.39. The third-order valence-corrected chi connectivity index (χ3v) is 3.68. The Morgan fingerprint density at radius 1 is 1.42 bits per heavy atom. The molecule has 1 heterocycles. The first-order chi connectivity index (χ1) is 9.11. The van der Waals surface area contributed by atoms with Crippen LogP contribution in [0.3, 0.4) is 0 Å². The summed E-state index contributed by atoms with van der Waals surface area (Å²) in [5, 5.41) is 3.24. The Labute approximate surface area is 127 Å². The number of carbonyl (C=O) groups is 1. The van der Waals surface area contributed by atoms with E-state index in [2.05, 4.69) is 42.2 Å². The molecule has 2 aromatic rings. The summed E-state index contributed by atoms with van der Waals surface area (Å²) in [5.41, 5.74) is 2.31. The normalized spacial score (nSPS) is 10.3. The number of nitrogens with one attached hydrogen (secondary N) is 2. The Hall–Kier alpha value is -1.27. The van der Waals surface area contributed by atoms with Crippen LogP contribution in [0.25, 0.3) is 0 Å². The standard InChI is InChI=1S/C13H12Br2N2O2/c1-19-13(18)10-4-9(14)5-11(15)12(10)17-7-8-2-3-16-6-8/h2-6,16-17H,7H2,1H3. The highest BCUT2D eigenvalue weighted by Gasteiger charge is 2.15. The predicted molar refractivity (Wildman–Crippen MR) is 81.3 cm³/mol. The number of carbonyl (C=O) groups excluding carboxylic acids is 1. The van der Waals surface area contributed by atoms with Gasteiger partial charge in [-0.15, -0.1) is 0 Å². The van der Waals surface area contributed by atoms with Crippen molar-refractivity contribution in [2.24, 2.45) is 0 Å². The Balaban J connectivity index is 2.29. The van der Waals surface area contributed by atoms with Crippen LogP contribution in [-0.2, 0) is 11.3 Å². The first-order valence-corrected chi connectivity index (χ1v) is 7.13. The highest BCUT2D eigenvalue weighted by atomic mass is 79.9. The van der Waals surface area contributed by atoms with E-state index in [9.17, 15) is 4.79 Å². The number of aromatic amines is 1. The van der Waals surface area contributed by atoms with Gasteiger partial charge in [0.15, 0.2) is 0 Å². The Bertz CT molecular complexity index is 583. The van der Waals surface area contributed by atoms with Crippen molar-refractivity contribution in [3.8, 4) is 0 Å². The number of hydrogen-bond acceptors (Lipinski definition) is 3. The molecule has 2 N–H and O–H groups in total. The lowest BCUT2D eigenvalue weighted by Crippen LogP contribution is -2.09. The van der Waals surface area contributed by atoms with Crippen molar-refractivity contribution >= 4 is 43.5 Å². The van der Waals surface area contributed by atoms with Gasteiger partial charge in [0.1, 0.15) is 0 Å². The van der Waals surface area contributed by atoms with Crippen molar-refractivity contribution < 1.29 is 9.53 Å². The minimum absolute atomic E-state index is 0.376. The number of H-pyrrole nitrogens is 1. The average Bonchev–Trinajstić information content (AvgIpc) is 2.89. The van der Waals surface area contributed by atoms with Gasteiger partial charge in [0.25, 0.3) is 0 Å². The minimum atomic E-state index is -0.376. The van der Waals surface area contributed by atoms with Gasteiger partial charge in [-0.05, 0) is 39.7 Å². The highest BCUT2D eigenvalue weighted by molar-refractivity contribution is 9.11. The lowest BCUT2D eigenvalue weighted by molar-refractivity contribution is 0.0601. The molecule has 6 heteroatoms. The molecule has 0 aliphatic heterocycles. The molecule has 0 aliphatic rings. The summed E-state index contributed by atoms with van der Waals surface area (Å²) in [5.74, 6) is -0.376. The lowest BCUT2D eigenvalue weighted by Gasteiger charge is -2.13. The predicted octanol–water partition coefficient (Wildman–Crippen LogP) is 3.94. The van der Waals surface area contributed by atoms with Crippen LogP contribution >= 0.6 is 31.9 Å². The largest absolute Gasteiger partial charge is 0.465 e. The molecule has 0 aliphatic carbocycles. The van der Waals surface area contributed by atoms with Crippen LogP contribution in [0.1, 0.15) is 15.9 Å². The van der Waals surface area contributed by atoms with Crippen molar-refractivity contribution in [1.82, 2.24) is 4.98 Å². The van der Waals surface area contributed by atoms with Crippen LogP contribution in [0, 0.1) is 0 Å². The van der Waals surface area contributed by atoms with E-state index < -0.39 is 0 Å². The molecule has 100 valence electrons. The zero-order valence-corrected chi connectivity index (χ0v) is 13.3. The van der Waals surface area contributed by atoms with Gasteiger partial charge in [0.2, 0.25) is 0 Å². The third-order valence-electron chi connectivity index (χ3n) is 2.59. The van der Waals surface area contributed by atoms with E-state index in [1.165, 1.54) is 7.11 Å². The Morgan fingerprint density at radius 2 is 2.21 bits per heavy atom. The van der Waals surface area contributed by atoms with E-state index in [4.69, 9.17) is 4.74 Å². The SMILES string of the molecule is COC(=O)c1cc(Br)cc(Br)c1NCc1cc[nH]c1. The zero-order valence-electron chi connectivity index (χ0n) is 10.2. The summed E-state index contributed by atoms with van der Waals surface area (Å²) in [6.45, 7) is 0.619. The van der Waals surface area contributed by atoms with Gasteiger partial charge in [-0.3, -0.25) is 0 Å². The maximum Gasteiger partial charge on any atom is 0.340 e. The number of esters is 1. The molecule has 4 nitrogen and oxygen atoms in total. The molecule has 2 rings (SSSR count). The van der Waals surface area contributed by atoms with Crippen LogP contribution in [-0.4, -0.2) is 18.1 Å². The van der Waals surface area contributed by atoms with Gasteiger partial charge in [-0.25, -0.2) is 4.79 Å². The summed E-state index contributed by atoms with van der Waals surface area (Å²) in [6, 6.07) is 5.58. The number of rotatable bonds is 4. The van der Waals surface area contributed by atoms with Crippen molar-refractivity contribution in [3.63, 3.8) is 0 Å². The number of benzene rings is 1. The van der Waals surface area contributed by atoms with Crippen LogP contribution in [0.4, 0.5) is 5.69 Å². The number of hydrogen-bond donors (Lipinski definition) is 2. The maximum absolute atomic E-state index is 11.8. The van der Waals surface area contributed by atoms with Gasteiger partial charge < -0.3 is 15.0 Å². The van der Waals surface area contributed by atoms with E-state index >= 15 is 0 Å². The number of halogens is 2. The summed E-state index contributed by atoms with van der Waals surface area (Å²) >= 11 is 6.82. The zero-order chi connectivity index (χ0) is 13.8. The van der Waals surface area contributed by atoms with Gasteiger partial charge in [-0.2, -0.15) is 0 Å². The lowest BCUT2D eigenvalue weighted by atomic mass is 10.1. The van der Waals surface area contributed by atoms with Crippen molar-refractivity contribution in [2.45, 2.75) is 6.54 Å². The van der Waals surface area contributed by atoms with Gasteiger partial charge in [-0.1, -0.05) is 15.9 Å².